The molecule has 0 saturated carbocycles. The second-order valence-corrected chi connectivity index (χ2v) is 3.63. The molecule has 0 radical (unpaired) electrons. The lowest BCUT2D eigenvalue weighted by Crippen LogP contribution is -1.83. The monoisotopic (exact) mass is 201 g/mol. The van der Waals surface area contributed by atoms with Crippen molar-refractivity contribution in [1.82, 2.24) is 4.98 Å². The van der Waals surface area contributed by atoms with Gasteiger partial charge in [0.05, 0.1) is 0 Å². The van der Waals surface area contributed by atoms with Gasteiger partial charge in [0.25, 0.3) is 0 Å². The van der Waals surface area contributed by atoms with Gasteiger partial charge < -0.3 is 4.42 Å². The predicted octanol–water partition coefficient (Wildman–Crippen LogP) is 3.60. The van der Waals surface area contributed by atoms with Crippen LogP contribution in [0.15, 0.2) is 34.7 Å². The van der Waals surface area contributed by atoms with Gasteiger partial charge in [-0.1, -0.05) is 37.3 Å². The summed E-state index contributed by atoms with van der Waals surface area (Å²) in [5.74, 6) is 1.75. The first-order valence-corrected chi connectivity index (χ1v) is 5.33. The molecule has 15 heavy (non-hydrogen) atoms. The van der Waals surface area contributed by atoms with E-state index in [0.717, 1.165) is 35.7 Å². The molecule has 2 heteroatoms. The molecule has 0 aliphatic heterocycles. The maximum atomic E-state index is 5.60. The standard InChI is InChI=1S/C13H15NO/c1-3-7-12-14-13(10(2)15-12)11-8-5-4-6-9-11/h4-6,8-9H,3,7H2,1-2H3. The molecule has 2 rings (SSSR count). The van der Waals surface area contributed by atoms with Gasteiger partial charge in [0, 0.05) is 12.0 Å². The van der Waals surface area contributed by atoms with E-state index in [2.05, 4.69) is 24.0 Å². The number of benzene rings is 1. The maximum absolute atomic E-state index is 5.60. The third-order valence-electron chi connectivity index (χ3n) is 2.35. The van der Waals surface area contributed by atoms with Crippen LogP contribution in [0.25, 0.3) is 11.3 Å². The van der Waals surface area contributed by atoms with Gasteiger partial charge in [0.1, 0.15) is 11.5 Å². The summed E-state index contributed by atoms with van der Waals surface area (Å²) in [4.78, 5) is 4.50. The van der Waals surface area contributed by atoms with E-state index >= 15 is 0 Å². The Balaban J connectivity index is 2.36. The van der Waals surface area contributed by atoms with Gasteiger partial charge in [-0.15, -0.1) is 0 Å². The highest BCUT2D eigenvalue weighted by Crippen LogP contribution is 2.23. The van der Waals surface area contributed by atoms with E-state index in [1.165, 1.54) is 0 Å². The minimum Gasteiger partial charge on any atom is -0.445 e. The summed E-state index contributed by atoms with van der Waals surface area (Å²) in [6.45, 7) is 4.09. The lowest BCUT2D eigenvalue weighted by Gasteiger charge is -1.94. The molecular weight excluding hydrogens is 186 g/mol. The quantitative estimate of drug-likeness (QED) is 0.758. The molecular formula is C13H15NO. The highest BCUT2D eigenvalue weighted by atomic mass is 16.4. The van der Waals surface area contributed by atoms with Crippen LogP contribution in [0.5, 0.6) is 0 Å². The molecule has 0 fully saturated rings. The highest BCUT2D eigenvalue weighted by molar-refractivity contribution is 5.60. The fourth-order valence-electron chi connectivity index (χ4n) is 1.64. The van der Waals surface area contributed by atoms with E-state index in [9.17, 15) is 0 Å². The van der Waals surface area contributed by atoms with Crippen LogP contribution >= 0.6 is 0 Å². The summed E-state index contributed by atoms with van der Waals surface area (Å²) in [7, 11) is 0. The number of aromatic nitrogens is 1. The molecule has 78 valence electrons. The second kappa shape index (κ2) is 4.30. The summed E-state index contributed by atoms with van der Waals surface area (Å²) >= 11 is 0. The zero-order chi connectivity index (χ0) is 10.7. The SMILES string of the molecule is CCCc1nc(-c2ccccc2)c(C)o1. The molecule has 0 atom stereocenters. The zero-order valence-corrected chi connectivity index (χ0v) is 9.16. The van der Waals surface area contributed by atoms with E-state index in [1.807, 2.05) is 25.1 Å². The van der Waals surface area contributed by atoms with Crippen molar-refractivity contribution in [2.45, 2.75) is 26.7 Å². The average molecular weight is 201 g/mol. The summed E-state index contributed by atoms with van der Waals surface area (Å²) in [6, 6.07) is 10.2. The topological polar surface area (TPSA) is 26.0 Å². The summed E-state index contributed by atoms with van der Waals surface area (Å²) in [5.41, 5.74) is 2.10. The van der Waals surface area contributed by atoms with Crippen molar-refractivity contribution >= 4 is 0 Å². The molecule has 0 saturated heterocycles. The third-order valence-corrected chi connectivity index (χ3v) is 2.35. The van der Waals surface area contributed by atoms with E-state index in [0.29, 0.717) is 0 Å². The third kappa shape index (κ3) is 2.09. The molecule has 0 bridgehead atoms. The van der Waals surface area contributed by atoms with Crippen LogP contribution in [0, 0.1) is 6.92 Å². The molecule has 0 aliphatic carbocycles. The van der Waals surface area contributed by atoms with Crippen molar-refractivity contribution in [1.29, 1.82) is 0 Å². The minimum absolute atomic E-state index is 0.842. The van der Waals surface area contributed by atoms with Gasteiger partial charge in [-0.3, -0.25) is 0 Å². The summed E-state index contributed by atoms with van der Waals surface area (Å²) < 4.78 is 5.60. The maximum Gasteiger partial charge on any atom is 0.194 e. The molecule has 0 amide bonds. The number of hydrogen-bond acceptors (Lipinski definition) is 2. The Kier molecular flexibility index (Phi) is 2.86. The van der Waals surface area contributed by atoms with E-state index in [1.54, 1.807) is 0 Å². The van der Waals surface area contributed by atoms with Crippen LogP contribution in [0.4, 0.5) is 0 Å². The number of oxazole rings is 1. The van der Waals surface area contributed by atoms with Gasteiger partial charge in [-0.25, -0.2) is 4.98 Å². The number of aryl methyl sites for hydroxylation is 2. The fourth-order valence-corrected chi connectivity index (χ4v) is 1.64. The molecule has 1 heterocycles. The Morgan fingerprint density at radius 1 is 1.20 bits per heavy atom. The van der Waals surface area contributed by atoms with E-state index in [4.69, 9.17) is 4.42 Å². The zero-order valence-electron chi connectivity index (χ0n) is 9.16. The number of rotatable bonds is 3. The Labute approximate surface area is 90.0 Å². The van der Waals surface area contributed by atoms with Crippen molar-refractivity contribution in [2.75, 3.05) is 0 Å². The number of hydrogen-bond donors (Lipinski definition) is 0. The van der Waals surface area contributed by atoms with Crippen molar-refractivity contribution in [3.05, 3.63) is 42.0 Å². The molecule has 0 N–H and O–H groups in total. The van der Waals surface area contributed by atoms with Crippen LogP contribution in [0.2, 0.25) is 0 Å². The van der Waals surface area contributed by atoms with Crippen molar-refractivity contribution in [3.8, 4) is 11.3 Å². The molecule has 1 aromatic carbocycles. The van der Waals surface area contributed by atoms with Crippen LogP contribution < -0.4 is 0 Å². The Morgan fingerprint density at radius 2 is 1.93 bits per heavy atom. The van der Waals surface area contributed by atoms with Gasteiger partial charge >= 0.3 is 0 Å². The molecule has 0 aliphatic rings. The summed E-state index contributed by atoms with van der Waals surface area (Å²) in [5, 5.41) is 0. The lowest BCUT2D eigenvalue weighted by molar-refractivity contribution is 0.469. The smallest absolute Gasteiger partial charge is 0.194 e. The van der Waals surface area contributed by atoms with Crippen LogP contribution in [0.3, 0.4) is 0 Å². The molecule has 2 nitrogen and oxygen atoms in total. The largest absolute Gasteiger partial charge is 0.445 e. The van der Waals surface area contributed by atoms with Crippen molar-refractivity contribution in [2.24, 2.45) is 0 Å². The van der Waals surface area contributed by atoms with Crippen molar-refractivity contribution in [3.63, 3.8) is 0 Å². The minimum atomic E-state index is 0.842. The molecule has 0 spiro atoms. The first-order valence-electron chi connectivity index (χ1n) is 5.33. The predicted molar refractivity (Wildman–Crippen MR) is 60.7 cm³/mol. The van der Waals surface area contributed by atoms with Crippen molar-refractivity contribution < 1.29 is 4.42 Å². The van der Waals surface area contributed by atoms with Gasteiger partial charge in [-0.05, 0) is 13.3 Å². The second-order valence-electron chi connectivity index (χ2n) is 3.63. The Bertz CT molecular complexity index is 431. The van der Waals surface area contributed by atoms with E-state index in [-0.39, 0.29) is 0 Å². The highest BCUT2D eigenvalue weighted by Gasteiger charge is 2.09. The first kappa shape index (κ1) is 9.97. The Hall–Kier alpha value is -1.57. The summed E-state index contributed by atoms with van der Waals surface area (Å²) in [6.07, 6.45) is 1.97. The Morgan fingerprint density at radius 3 is 2.60 bits per heavy atom. The molecule has 0 unspecified atom stereocenters. The van der Waals surface area contributed by atoms with Gasteiger partial charge in [-0.2, -0.15) is 0 Å². The van der Waals surface area contributed by atoms with Crippen LogP contribution in [0.1, 0.15) is 25.0 Å². The number of nitrogens with zero attached hydrogens (tertiary/aromatic N) is 1. The normalized spacial score (nSPS) is 10.5. The van der Waals surface area contributed by atoms with Gasteiger partial charge in [0.2, 0.25) is 0 Å². The van der Waals surface area contributed by atoms with Crippen LogP contribution in [-0.4, -0.2) is 4.98 Å². The average Bonchev–Trinajstić information content (AvgIpc) is 2.61. The fraction of sp³-hybridized carbons (Fsp3) is 0.308. The first-order chi connectivity index (χ1) is 7.31. The molecule has 2 aromatic rings. The molecule has 1 aromatic heterocycles. The van der Waals surface area contributed by atoms with Crippen LogP contribution in [-0.2, 0) is 6.42 Å². The van der Waals surface area contributed by atoms with E-state index < -0.39 is 0 Å². The lowest BCUT2D eigenvalue weighted by atomic mass is 10.1. The van der Waals surface area contributed by atoms with Gasteiger partial charge in [0.15, 0.2) is 5.89 Å².